The van der Waals surface area contributed by atoms with Gasteiger partial charge in [-0.15, -0.1) is 0 Å². The summed E-state index contributed by atoms with van der Waals surface area (Å²) in [5.41, 5.74) is 1.11. The summed E-state index contributed by atoms with van der Waals surface area (Å²) >= 11 is 0. The van der Waals surface area contributed by atoms with Crippen LogP contribution in [0.2, 0.25) is 0 Å². The topological polar surface area (TPSA) is 52.6 Å². The van der Waals surface area contributed by atoms with Crippen LogP contribution in [0.3, 0.4) is 0 Å². The molecule has 3 atom stereocenters. The zero-order valence-corrected chi connectivity index (χ0v) is 20.1. The third kappa shape index (κ3) is 8.14. The van der Waals surface area contributed by atoms with E-state index in [-0.39, 0.29) is 29.9 Å². The van der Waals surface area contributed by atoms with Crippen LogP contribution in [-0.4, -0.2) is 24.6 Å². The van der Waals surface area contributed by atoms with Crippen LogP contribution in [0, 0.1) is 23.7 Å². The summed E-state index contributed by atoms with van der Waals surface area (Å²) in [4.78, 5) is 25.4. The average molecular weight is 439 g/mol. The Hall–Kier alpha value is -2.62. The number of hydrogen-bond acceptors (Lipinski definition) is 4. The van der Waals surface area contributed by atoms with E-state index in [1.165, 1.54) is 0 Å². The maximum atomic E-state index is 12.8. The minimum atomic E-state index is -0.308. The monoisotopic (exact) mass is 438 g/mol. The molecule has 0 radical (unpaired) electrons. The van der Waals surface area contributed by atoms with Crippen molar-refractivity contribution in [1.29, 1.82) is 0 Å². The van der Waals surface area contributed by atoms with Crippen LogP contribution < -0.4 is 0 Å². The summed E-state index contributed by atoms with van der Waals surface area (Å²) in [7, 11) is 0. The molecule has 174 valence electrons. The summed E-state index contributed by atoms with van der Waals surface area (Å²) in [6.07, 6.45) is 2.29. The number of esters is 2. The Morgan fingerprint density at radius 3 is 1.72 bits per heavy atom. The van der Waals surface area contributed by atoms with Gasteiger partial charge in [-0.25, -0.2) is 9.59 Å². The second kappa shape index (κ2) is 13.0. The molecule has 32 heavy (non-hydrogen) atoms. The Morgan fingerprint density at radius 2 is 1.25 bits per heavy atom. The van der Waals surface area contributed by atoms with Crippen molar-refractivity contribution in [2.45, 2.75) is 60.0 Å². The first-order valence-corrected chi connectivity index (χ1v) is 11.8. The fraction of sp³-hybridized carbons (Fsp3) is 0.500. The van der Waals surface area contributed by atoms with Gasteiger partial charge in [0.1, 0.15) is 6.10 Å². The predicted molar refractivity (Wildman–Crippen MR) is 129 cm³/mol. The van der Waals surface area contributed by atoms with Crippen LogP contribution >= 0.6 is 0 Å². The van der Waals surface area contributed by atoms with Gasteiger partial charge < -0.3 is 9.47 Å². The molecule has 4 nitrogen and oxygen atoms in total. The van der Waals surface area contributed by atoms with Crippen LogP contribution in [0.4, 0.5) is 0 Å². The minimum Gasteiger partial charge on any atom is -0.462 e. The molecular formula is C28H38O4. The van der Waals surface area contributed by atoms with E-state index < -0.39 is 0 Å². The molecule has 0 N–H and O–H groups in total. The molecule has 2 rings (SSSR count). The molecule has 0 bridgehead atoms. The number of benzene rings is 2. The van der Waals surface area contributed by atoms with Crippen molar-refractivity contribution >= 4 is 11.9 Å². The maximum absolute atomic E-state index is 12.8. The van der Waals surface area contributed by atoms with E-state index in [4.69, 9.17) is 9.47 Å². The van der Waals surface area contributed by atoms with Crippen LogP contribution in [0.25, 0.3) is 0 Å². The maximum Gasteiger partial charge on any atom is 0.338 e. The molecule has 0 fully saturated rings. The molecule has 0 spiro atoms. The first-order chi connectivity index (χ1) is 15.3. The standard InChI is InChI=1S/C28H38O4/c1-6-26(32-28(30)23-15-11-8-12-16-23)25(18-21(4)5)24(17-20(2)3)19-31-27(29)22-13-9-7-10-14-22/h7-16,20-21,24-26H,6,17-19H2,1-5H3. The fourth-order valence-corrected chi connectivity index (χ4v) is 4.26. The van der Waals surface area contributed by atoms with Crippen molar-refractivity contribution < 1.29 is 19.1 Å². The van der Waals surface area contributed by atoms with Gasteiger partial charge >= 0.3 is 11.9 Å². The molecule has 0 aliphatic heterocycles. The number of hydrogen-bond donors (Lipinski definition) is 0. The normalized spacial score (nSPS) is 14.1. The van der Waals surface area contributed by atoms with E-state index in [2.05, 4.69) is 34.6 Å². The van der Waals surface area contributed by atoms with E-state index >= 15 is 0 Å². The molecule has 0 heterocycles. The SMILES string of the molecule is CCC(OC(=O)c1ccccc1)C(CC(C)C)C(COC(=O)c1ccccc1)CC(C)C. The first kappa shape index (κ1) is 25.6. The molecule has 0 aliphatic rings. The van der Waals surface area contributed by atoms with E-state index in [1.54, 1.807) is 24.3 Å². The van der Waals surface area contributed by atoms with Gasteiger partial charge in [0.05, 0.1) is 17.7 Å². The highest BCUT2D eigenvalue weighted by atomic mass is 16.5. The first-order valence-electron chi connectivity index (χ1n) is 11.8. The van der Waals surface area contributed by atoms with Crippen molar-refractivity contribution in [3.05, 3.63) is 71.8 Å². The second-order valence-corrected chi connectivity index (χ2v) is 9.37. The lowest BCUT2D eigenvalue weighted by atomic mass is 9.77. The van der Waals surface area contributed by atoms with Crippen molar-refractivity contribution in [2.24, 2.45) is 23.7 Å². The third-order valence-electron chi connectivity index (χ3n) is 5.71. The second-order valence-electron chi connectivity index (χ2n) is 9.37. The van der Waals surface area contributed by atoms with Gasteiger partial charge in [-0.05, 0) is 61.3 Å². The summed E-state index contributed by atoms with van der Waals surface area (Å²) in [6.45, 7) is 11.1. The summed E-state index contributed by atoms with van der Waals surface area (Å²) < 4.78 is 11.8. The lowest BCUT2D eigenvalue weighted by Crippen LogP contribution is -2.36. The quantitative estimate of drug-likeness (QED) is 0.342. The molecule has 0 saturated heterocycles. The Morgan fingerprint density at radius 1 is 0.750 bits per heavy atom. The smallest absolute Gasteiger partial charge is 0.338 e. The van der Waals surface area contributed by atoms with E-state index in [0.717, 1.165) is 19.3 Å². The minimum absolute atomic E-state index is 0.110. The lowest BCUT2D eigenvalue weighted by Gasteiger charge is -2.35. The lowest BCUT2D eigenvalue weighted by molar-refractivity contribution is -0.0192. The Bertz CT molecular complexity index is 814. The van der Waals surface area contributed by atoms with Crippen LogP contribution in [-0.2, 0) is 9.47 Å². The van der Waals surface area contributed by atoms with Gasteiger partial charge in [-0.1, -0.05) is 71.0 Å². The summed E-state index contributed by atoms with van der Waals surface area (Å²) in [5.74, 6) is 0.487. The van der Waals surface area contributed by atoms with Crippen molar-refractivity contribution in [3.63, 3.8) is 0 Å². The Balaban J connectivity index is 2.20. The van der Waals surface area contributed by atoms with Gasteiger partial charge in [-0.3, -0.25) is 0 Å². The zero-order valence-electron chi connectivity index (χ0n) is 20.1. The molecule has 0 saturated carbocycles. The molecule has 0 aromatic heterocycles. The van der Waals surface area contributed by atoms with Gasteiger partial charge in [0, 0.05) is 5.92 Å². The number of rotatable bonds is 12. The van der Waals surface area contributed by atoms with Gasteiger partial charge in [0.2, 0.25) is 0 Å². The number of carbonyl (C=O) groups is 2. The highest BCUT2D eigenvalue weighted by Crippen LogP contribution is 2.33. The van der Waals surface area contributed by atoms with Gasteiger partial charge in [-0.2, -0.15) is 0 Å². The van der Waals surface area contributed by atoms with Crippen molar-refractivity contribution in [1.82, 2.24) is 0 Å². The Kier molecular flexibility index (Phi) is 10.5. The highest BCUT2D eigenvalue weighted by Gasteiger charge is 2.33. The van der Waals surface area contributed by atoms with E-state index in [1.807, 2.05) is 36.4 Å². The molecule has 0 amide bonds. The molecule has 0 aliphatic carbocycles. The Labute approximate surface area is 193 Å². The summed E-state index contributed by atoms with van der Waals surface area (Å²) in [5, 5.41) is 0. The average Bonchev–Trinajstić information content (AvgIpc) is 2.79. The molecular weight excluding hydrogens is 400 g/mol. The number of carbonyl (C=O) groups excluding carboxylic acids is 2. The van der Waals surface area contributed by atoms with E-state index in [9.17, 15) is 9.59 Å². The van der Waals surface area contributed by atoms with Gasteiger partial charge in [0.25, 0.3) is 0 Å². The number of ether oxygens (including phenoxy) is 2. The van der Waals surface area contributed by atoms with Crippen molar-refractivity contribution in [2.75, 3.05) is 6.61 Å². The molecule has 2 aromatic carbocycles. The van der Waals surface area contributed by atoms with Crippen LogP contribution in [0.5, 0.6) is 0 Å². The van der Waals surface area contributed by atoms with E-state index in [0.29, 0.717) is 29.6 Å². The fourth-order valence-electron chi connectivity index (χ4n) is 4.26. The van der Waals surface area contributed by atoms with Gasteiger partial charge in [0.15, 0.2) is 0 Å². The highest BCUT2D eigenvalue weighted by molar-refractivity contribution is 5.89. The molecule has 2 aromatic rings. The predicted octanol–water partition coefficient (Wildman–Crippen LogP) is 6.80. The van der Waals surface area contributed by atoms with Crippen LogP contribution in [0.1, 0.15) is 74.6 Å². The largest absolute Gasteiger partial charge is 0.462 e. The molecule has 4 heteroatoms. The zero-order chi connectivity index (χ0) is 23.5. The van der Waals surface area contributed by atoms with Crippen molar-refractivity contribution in [3.8, 4) is 0 Å². The van der Waals surface area contributed by atoms with Crippen LogP contribution in [0.15, 0.2) is 60.7 Å². The summed E-state index contributed by atoms with van der Waals surface area (Å²) in [6, 6.07) is 18.2. The third-order valence-corrected chi connectivity index (χ3v) is 5.71. The molecule has 3 unspecified atom stereocenters.